The van der Waals surface area contributed by atoms with Crippen LogP contribution in [0.1, 0.15) is 126 Å². The van der Waals surface area contributed by atoms with Crippen LogP contribution >= 0.6 is 0 Å². The van der Waals surface area contributed by atoms with Gasteiger partial charge in [-0.05, 0) is 77.0 Å². The molecule has 5 heterocycles. The first-order chi connectivity index (χ1) is 19.5. The van der Waals surface area contributed by atoms with E-state index in [1.165, 1.54) is 45.0 Å². The van der Waals surface area contributed by atoms with Gasteiger partial charge in [-0.3, -0.25) is 0 Å². The molecule has 8 bridgehead atoms. The molecule has 228 valence electrons. The van der Waals surface area contributed by atoms with Crippen LogP contribution in [0.25, 0.3) is 0 Å². The standard InChI is InChI=1S/C36H54N4.Pt/c1-9-21-22(10-2)30-18-32-25(13-5)26(14-6)34(39-32)20-36-28(16-8)27(15-7)35(40-36)19-33-24(12-4)23(11-3)31(38-33)17-29(21)37-30;/h29-30,35-37,40H,9-20H2,1-8H3;/q-2;+2. The van der Waals surface area contributed by atoms with Crippen LogP contribution in [0.4, 0.5) is 0 Å². The van der Waals surface area contributed by atoms with E-state index in [1.807, 2.05) is 0 Å². The Kier molecular flexibility index (Phi) is 11.1. The van der Waals surface area contributed by atoms with Crippen molar-refractivity contribution in [3.8, 4) is 0 Å². The molecule has 4 unspecified atom stereocenters. The van der Waals surface area contributed by atoms with Gasteiger partial charge in [0.15, 0.2) is 0 Å². The summed E-state index contributed by atoms with van der Waals surface area (Å²) < 4.78 is 0. The minimum atomic E-state index is 0. The van der Waals surface area contributed by atoms with Gasteiger partial charge in [0.2, 0.25) is 0 Å². The molecule has 2 aromatic heterocycles. The second kappa shape index (κ2) is 14.0. The van der Waals surface area contributed by atoms with Crippen molar-refractivity contribution in [3.63, 3.8) is 0 Å². The molecule has 3 aliphatic heterocycles. The molecule has 41 heavy (non-hydrogen) atoms. The van der Waals surface area contributed by atoms with E-state index in [9.17, 15) is 0 Å². The zero-order valence-electron chi connectivity index (χ0n) is 27.0. The Balaban J connectivity index is 0.00000387. The molecule has 0 amide bonds. The van der Waals surface area contributed by atoms with E-state index in [2.05, 4.69) is 66.0 Å². The van der Waals surface area contributed by atoms with Gasteiger partial charge in [-0.2, -0.15) is 22.8 Å². The van der Waals surface area contributed by atoms with Crippen LogP contribution in [-0.2, 0) is 72.4 Å². The zero-order valence-corrected chi connectivity index (χ0v) is 29.3. The Hall–Kier alpha value is -1.35. The molecule has 2 N–H and O–H groups in total. The first-order valence-electron chi connectivity index (χ1n) is 16.7. The Bertz CT molecular complexity index is 1090. The fourth-order valence-corrected chi connectivity index (χ4v) is 8.82. The van der Waals surface area contributed by atoms with Gasteiger partial charge < -0.3 is 20.6 Å². The Morgan fingerprint density at radius 2 is 0.634 bits per heavy atom. The Morgan fingerprint density at radius 3 is 0.805 bits per heavy atom. The maximum Gasteiger partial charge on any atom is 2.00 e. The van der Waals surface area contributed by atoms with Gasteiger partial charge in [0.25, 0.3) is 0 Å². The molecule has 0 spiro atoms. The topological polar surface area (TPSA) is 52.3 Å². The molecule has 5 rings (SSSR count). The molecule has 4 atom stereocenters. The van der Waals surface area contributed by atoms with E-state index >= 15 is 0 Å². The van der Waals surface area contributed by atoms with Crippen LogP contribution < -0.4 is 20.6 Å². The average Bonchev–Trinajstić information content (AvgIpc) is 3.67. The molecule has 4 nitrogen and oxygen atoms in total. The zero-order chi connectivity index (χ0) is 28.6. The van der Waals surface area contributed by atoms with Gasteiger partial charge in [-0.15, -0.1) is 0 Å². The van der Waals surface area contributed by atoms with E-state index in [1.54, 1.807) is 22.3 Å². The molecule has 5 heteroatoms. The van der Waals surface area contributed by atoms with Crippen molar-refractivity contribution in [1.82, 2.24) is 20.6 Å². The van der Waals surface area contributed by atoms with E-state index in [-0.39, 0.29) is 21.1 Å². The Labute approximate surface area is 264 Å². The third-order valence-corrected chi connectivity index (χ3v) is 10.5. The van der Waals surface area contributed by atoms with Gasteiger partial charge in [-0.1, -0.05) is 99.9 Å². The monoisotopic (exact) mass is 737 g/mol. The van der Waals surface area contributed by atoms with Crippen molar-refractivity contribution in [1.29, 1.82) is 0 Å². The van der Waals surface area contributed by atoms with Crippen molar-refractivity contribution in [2.24, 2.45) is 0 Å². The summed E-state index contributed by atoms with van der Waals surface area (Å²) in [6, 6.07) is 1.53. The average molecular weight is 738 g/mol. The van der Waals surface area contributed by atoms with E-state index < -0.39 is 0 Å². The van der Waals surface area contributed by atoms with Crippen LogP contribution in [0.2, 0.25) is 0 Å². The van der Waals surface area contributed by atoms with Gasteiger partial charge in [0.1, 0.15) is 0 Å². The quantitative estimate of drug-likeness (QED) is 0.299. The molecule has 2 aromatic rings. The normalized spacial score (nSPS) is 24.4. The van der Waals surface area contributed by atoms with Crippen LogP contribution in [-0.4, -0.2) is 24.2 Å². The molecule has 0 aliphatic carbocycles. The largest absolute Gasteiger partial charge is 2.00 e. The van der Waals surface area contributed by atoms with Gasteiger partial charge >= 0.3 is 21.1 Å². The van der Waals surface area contributed by atoms with Crippen LogP contribution in [0.3, 0.4) is 0 Å². The summed E-state index contributed by atoms with van der Waals surface area (Å²) in [5.74, 6) is 0. The molecule has 0 aromatic carbocycles. The minimum Gasteiger partial charge on any atom is -0.664 e. The third kappa shape index (κ3) is 5.79. The van der Waals surface area contributed by atoms with Crippen molar-refractivity contribution < 1.29 is 21.1 Å². The fourth-order valence-electron chi connectivity index (χ4n) is 8.82. The summed E-state index contributed by atoms with van der Waals surface area (Å²) >= 11 is 0. The number of nitrogens with one attached hydrogen (secondary N) is 2. The summed E-state index contributed by atoms with van der Waals surface area (Å²) in [5, 5.41) is 8.28. The van der Waals surface area contributed by atoms with Crippen molar-refractivity contribution in [3.05, 3.63) is 67.3 Å². The predicted molar refractivity (Wildman–Crippen MR) is 168 cm³/mol. The molecular formula is C36H54N4Pt. The number of hydrogen-bond donors (Lipinski definition) is 2. The number of hydrogen-bond acceptors (Lipinski definition) is 2. The van der Waals surface area contributed by atoms with Crippen LogP contribution in [0, 0.1) is 0 Å². The summed E-state index contributed by atoms with van der Waals surface area (Å²) in [6.07, 6.45) is 12.8. The predicted octanol–water partition coefficient (Wildman–Crippen LogP) is 6.65. The molecule has 0 fully saturated rings. The van der Waals surface area contributed by atoms with Crippen LogP contribution in [0.15, 0.2) is 22.3 Å². The molecular weight excluding hydrogens is 684 g/mol. The molecule has 0 saturated heterocycles. The second-order valence-corrected chi connectivity index (χ2v) is 12.2. The first-order valence-corrected chi connectivity index (χ1v) is 16.7. The summed E-state index contributed by atoms with van der Waals surface area (Å²) in [5.41, 5.74) is 18.0. The number of fused-ring (bicyclic) bond motifs is 8. The number of nitrogens with zero attached hydrogens (tertiary/aromatic N) is 2. The smallest absolute Gasteiger partial charge is 0.664 e. The van der Waals surface area contributed by atoms with Crippen molar-refractivity contribution in [2.45, 2.75) is 157 Å². The van der Waals surface area contributed by atoms with Gasteiger partial charge in [0.05, 0.1) is 0 Å². The molecule has 0 radical (unpaired) electrons. The van der Waals surface area contributed by atoms with Crippen molar-refractivity contribution >= 4 is 0 Å². The summed E-state index contributed by atoms with van der Waals surface area (Å²) in [4.78, 5) is 11.0. The van der Waals surface area contributed by atoms with Gasteiger partial charge in [-0.25, -0.2) is 0 Å². The van der Waals surface area contributed by atoms with Gasteiger partial charge in [0, 0.05) is 24.2 Å². The maximum absolute atomic E-state index is 5.48. The van der Waals surface area contributed by atoms with E-state index in [4.69, 9.17) is 9.97 Å². The molecule has 3 aliphatic rings. The van der Waals surface area contributed by atoms with E-state index in [0.29, 0.717) is 24.2 Å². The van der Waals surface area contributed by atoms with Crippen LogP contribution in [0.5, 0.6) is 0 Å². The summed E-state index contributed by atoms with van der Waals surface area (Å²) in [7, 11) is 0. The SMILES string of the molecule is CCC1=C(CC)C2Cc3[n-]c(c(CC)c3CC)CC3NC(Cc4[n-]c(c(CC)c4CC)CC1N2)C(CC)=C3CC.[Pt+2]. The summed E-state index contributed by atoms with van der Waals surface area (Å²) in [6.45, 7) is 18.7. The second-order valence-electron chi connectivity index (χ2n) is 12.2. The Morgan fingerprint density at radius 1 is 0.415 bits per heavy atom. The fraction of sp³-hybridized carbons (Fsp3) is 0.667. The number of rotatable bonds is 8. The number of aromatic nitrogens is 2. The first kappa shape index (κ1) is 32.6. The molecule has 0 saturated carbocycles. The van der Waals surface area contributed by atoms with E-state index in [0.717, 1.165) is 77.0 Å². The minimum absolute atomic E-state index is 0. The maximum atomic E-state index is 5.48. The van der Waals surface area contributed by atoms with Crippen molar-refractivity contribution in [2.75, 3.05) is 0 Å². The third-order valence-electron chi connectivity index (χ3n) is 10.5.